The molecule has 10 nitrogen and oxygen atoms in total. The van der Waals surface area contributed by atoms with Gasteiger partial charge in [0, 0.05) is 69.0 Å². The molecule has 0 radical (unpaired) electrons. The third kappa shape index (κ3) is 19.3. The lowest BCUT2D eigenvalue weighted by atomic mass is 9.71. The number of H-pyrrole nitrogens is 2. The summed E-state index contributed by atoms with van der Waals surface area (Å²) in [6.07, 6.45) is -18.3. The van der Waals surface area contributed by atoms with Gasteiger partial charge in [0.05, 0.1) is 13.1 Å². The predicted octanol–water partition coefficient (Wildman–Crippen LogP) is 22.1. The molecule has 0 bridgehead atoms. The molecule has 7 aromatic carbocycles. The second-order valence-corrected chi connectivity index (χ2v) is 31.2. The Morgan fingerprint density at radius 3 is 1.11 bits per heavy atom. The van der Waals surface area contributed by atoms with Crippen LogP contribution in [0.4, 0.5) is 50.9 Å². The maximum atomic E-state index is 14.7. The van der Waals surface area contributed by atoms with E-state index in [4.69, 9.17) is 22.6 Å². The van der Waals surface area contributed by atoms with E-state index in [1.54, 1.807) is 108 Å². The molecule has 0 spiro atoms. The average molecular weight is 1400 g/mol. The minimum atomic E-state index is -4.96. The number of phenols is 1. The van der Waals surface area contributed by atoms with Gasteiger partial charge < -0.3 is 34.8 Å². The van der Waals surface area contributed by atoms with Gasteiger partial charge in [0.1, 0.15) is 30.5 Å². The number of aromatic hydroxyl groups is 1. The number of phenolic OH excluding ortho intramolecular Hbond substituents is 1. The van der Waals surface area contributed by atoms with Crippen LogP contribution in [0.2, 0.25) is 0 Å². The molecular weight excluding hydrogens is 1310 g/mol. The van der Waals surface area contributed by atoms with Crippen LogP contribution in [0.3, 0.4) is 0 Å². The van der Waals surface area contributed by atoms with Crippen LogP contribution in [0.25, 0.3) is 31.5 Å². The summed E-state index contributed by atoms with van der Waals surface area (Å²) in [5.41, 5.74) is -2.77. The first-order chi connectivity index (χ1) is 46.5. The fraction of sp³-hybridized carbons (Fsp3) is 0.402. The molecule has 9 aromatic rings. The average Bonchev–Trinajstić information content (AvgIpc) is 1.74. The van der Waals surface area contributed by atoms with Crippen LogP contribution in [-0.2, 0) is 63.3 Å². The van der Waals surface area contributed by atoms with Crippen molar-refractivity contribution in [3.8, 4) is 17.2 Å². The highest BCUT2D eigenvalue weighted by molar-refractivity contribution is 5.96. The van der Waals surface area contributed by atoms with Crippen molar-refractivity contribution in [2.75, 3.05) is 0 Å². The van der Waals surface area contributed by atoms with Crippen LogP contribution >= 0.6 is 0 Å². The molecule has 9 rings (SSSR count). The van der Waals surface area contributed by atoms with Gasteiger partial charge in [0.25, 0.3) is 0 Å². The Morgan fingerprint density at radius 1 is 0.436 bits per heavy atom. The summed E-state index contributed by atoms with van der Waals surface area (Å²) in [5.74, 6) is -0.881. The number of rotatable bonds is 19. The van der Waals surface area contributed by atoms with Crippen LogP contribution in [0, 0.1) is 13.1 Å². The molecule has 0 aliphatic carbocycles. The minimum Gasteiger partial charge on any atom is -0.508 e. The van der Waals surface area contributed by atoms with Gasteiger partial charge in [-0.3, -0.25) is 4.79 Å². The van der Waals surface area contributed by atoms with Crippen LogP contribution in [0.15, 0.2) is 164 Å². The van der Waals surface area contributed by atoms with Crippen LogP contribution in [-0.4, -0.2) is 60.8 Å². The molecule has 0 amide bonds. The lowest BCUT2D eigenvalue weighted by Gasteiger charge is -2.39. The van der Waals surface area contributed by atoms with Crippen molar-refractivity contribution in [2.45, 2.75) is 211 Å². The molecule has 0 fully saturated rings. The zero-order chi connectivity index (χ0) is 75.3. The number of para-hydroxylation sites is 2. The van der Waals surface area contributed by atoms with Crippen molar-refractivity contribution in [3.05, 3.63) is 243 Å². The van der Waals surface area contributed by atoms with Crippen molar-refractivity contribution in [1.82, 2.24) is 9.97 Å². The largest absolute Gasteiger partial charge is 0.508 e. The van der Waals surface area contributed by atoms with E-state index in [0.717, 1.165) is 27.8 Å². The SMILES string of the molecule is CC(C)(C)c1ccc(OCc2ccccc2)c(C(C)(C)CC(=O)C(F)(F)F)c1.[C-]#[N+]c1c(CC(O)(CC(C)(C)c2cc(C(C)(C)C)ccc2O)C(F)(F)F)[nH]c2ccccc12.[C-]#[N+]c1c(CC(O)(CC(C)(C)c2cc(C(C)(C)C)ccc2OCc2ccccc2)C(F)(F)F)[nH]c2ccccc12. The number of aromatic nitrogens is 2. The molecule has 2 aromatic heterocycles. The maximum absolute atomic E-state index is 14.7. The number of benzene rings is 7. The molecular formula is C82H91F9N4O6. The number of ketones is 1. The second-order valence-electron chi connectivity index (χ2n) is 31.2. The number of aliphatic hydroxyl groups is 2. The van der Waals surface area contributed by atoms with E-state index in [1.165, 1.54) is 6.07 Å². The normalized spacial score (nSPS) is 13.9. The van der Waals surface area contributed by atoms with Crippen molar-refractivity contribution in [1.29, 1.82) is 0 Å². The molecule has 0 saturated carbocycles. The van der Waals surface area contributed by atoms with E-state index in [2.05, 4.69) is 19.7 Å². The van der Waals surface area contributed by atoms with Gasteiger partial charge in [-0.15, -0.1) is 0 Å². The Morgan fingerprint density at radius 2 is 0.762 bits per heavy atom. The molecule has 0 aliphatic heterocycles. The lowest BCUT2D eigenvalue weighted by Crippen LogP contribution is -2.51. The Bertz CT molecular complexity index is 4440. The molecule has 2 heterocycles. The monoisotopic (exact) mass is 1400 g/mol. The predicted molar refractivity (Wildman–Crippen MR) is 381 cm³/mol. The highest BCUT2D eigenvalue weighted by atomic mass is 19.4. The number of Topliss-reactive ketones (excluding diaryl/α,β-unsaturated/α-hetero) is 1. The third-order valence-electron chi connectivity index (χ3n) is 18.3. The number of alkyl halides is 9. The van der Waals surface area contributed by atoms with Crippen molar-refractivity contribution in [3.63, 3.8) is 0 Å². The zero-order valence-corrected chi connectivity index (χ0v) is 59.9. The number of fused-ring (bicyclic) bond motifs is 2. The smallest absolute Gasteiger partial charge is 0.450 e. The quantitative estimate of drug-likeness (QED) is 0.0404. The number of halogens is 9. The van der Waals surface area contributed by atoms with E-state index < -0.39 is 83.9 Å². The standard InChI is InChI=1S/C33H35F3N2O2.C26H29F3N2O2.C23H27F3O2/c1-30(2,3)23-16-17-28(40-20-22-12-8-7-9-13-22)25(18-23)31(4,5)21-32(39,33(34,35)36)19-27-29(37-6)24-14-10-11-15-26(24)38-27;1-23(2,3)16-11-12-21(32)18(13-16)24(4,5)15-25(33,26(27,28)29)14-20-22(30-6)17-9-7-8-10-19(17)31-20;1-21(2,3)17-11-12-19(28-15-16-9-7-6-8-10-16)18(13-17)22(4,5)14-20(27)23(24,25)26/h7-18,38-39H,19-21H2,1-5H3;7-13,31-33H,14-15H2,1-5H3;6-13H,14-15H2,1-5H3. The van der Waals surface area contributed by atoms with Crippen LogP contribution < -0.4 is 9.47 Å². The maximum Gasteiger partial charge on any atom is 0.450 e. The summed E-state index contributed by atoms with van der Waals surface area (Å²) in [5, 5.41) is 34.0. The number of ether oxygens (including phenoxy) is 2. The van der Waals surface area contributed by atoms with E-state index in [9.17, 15) is 59.6 Å². The summed E-state index contributed by atoms with van der Waals surface area (Å²) in [4.78, 5) is 24.4. The first-order valence-corrected chi connectivity index (χ1v) is 33.1. The van der Waals surface area contributed by atoms with E-state index in [-0.39, 0.29) is 51.4 Å². The number of hydrogen-bond acceptors (Lipinski definition) is 6. The Labute approximate surface area is 586 Å². The summed E-state index contributed by atoms with van der Waals surface area (Å²) < 4.78 is 138. The number of carbonyl (C=O) groups is 1. The third-order valence-corrected chi connectivity index (χ3v) is 18.3. The lowest BCUT2D eigenvalue weighted by molar-refractivity contribution is -0.266. The van der Waals surface area contributed by atoms with Gasteiger partial charge in [0.2, 0.25) is 17.2 Å². The fourth-order valence-corrected chi connectivity index (χ4v) is 12.6. The summed E-state index contributed by atoms with van der Waals surface area (Å²) in [6.45, 7) is 43.6. The summed E-state index contributed by atoms with van der Waals surface area (Å²) in [6, 6.07) is 48.9. The molecule has 101 heavy (non-hydrogen) atoms. The molecule has 538 valence electrons. The highest BCUT2D eigenvalue weighted by Gasteiger charge is 2.58. The summed E-state index contributed by atoms with van der Waals surface area (Å²) in [7, 11) is 0. The van der Waals surface area contributed by atoms with E-state index >= 15 is 0 Å². The van der Waals surface area contributed by atoms with Gasteiger partial charge >= 0.3 is 18.5 Å². The Kier molecular flexibility index (Phi) is 23.5. The number of nitrogens with one attached hydrogen (secondary N) is 2. The van der Waals surface area contributed by atoms with Crippen molar-refractivity contribution < 1.29 is 69.1 Å². The van der Waals surface area contributed by atoms with Gasteiger partial charge in [-0.1, -0.05) is 237 Å². The zero-order valence-electron chi connectivity index (χ0n) is 59.9. The molecule has 19 heteroatoms. The first kappa shape index (κ1) is 79.3. The Hall–Kier alpha value is -9.04. The highest BCUT2D eigenvalue weighted by Crippen LogP contribution is 2.50. The second kappa shape index (κ2) is 29.9. The van der Waals surface area contributed by atoms with Crippen molar-refractivity contribution >= 4 is 39.0 Å². The summed E-state index contributed by atoms with van der Waals surface area (Å²) >= 11 is 0. The molecule has 0 saturated heterocycles. The van der Waals surface area contributed by atoms with Crippen LogP contribution in [0.5, 0.6) is 17.2 Å². The van der Waals surface area contributed by atoms with E-state index in [0.29, 0.717) is 56.6 Å². The van der Waals surface area contributed by atoms with Gasteiger partial charge in [-0.2, -0.15) is 39.5 Å². The fourth-order valence-electron chi connectivity index (χ4n) is 12.6. The Balaban J connectivity index is 0.000000216. The molecule has 5 N–H and O–H groups in total. The van der Waals surface area contributed by atoms with Gasteiger partial charge in [-0.05, 0) is 104 Å². The molecule has 2 atom stereocenters. The number of hydrogen-bond donors (Lipinski definition) is 5. The topological polar surface area (TPSA) is 137 Å². The number of carbonyl (C=O) groups excluding carboxylic acids is 1. The number of nitrogens with zero attached hydrogens (tertiary/aromatic N) is 2. The minimum absolute atomic E-state index is 0.0366. The molecule has 0 aliphatic rings. The van der Waals surface area contributed by atoms with Crippen molar-refractivity contribution in [2.24, 2.45) is 0 Å². The molecule has 2 unspecified atom stereocenters. The van der Waals surface area contributed by atoms with Gasteiger partial charge in [0.15, 0.2) is 11.2 Å². The van der Waals surface area contributed by atoms with E-state index in [1.807, 2.05) is 153 Å². The van der Waals surface area contributed by atoms with Gasteiger partial charge in [-0.25, -0.2) is 9.69 Å². The van der Waals surface area contributed by atoms with Crippen LogP contribution in [0.1, 0.15) is 179 Å². The number of aromatic amines is 2. The first-order valence-electron chi connectivity index (χ1n) is 33.1.